The highest BCUT2D eigenvalue weighted by atomic mass is 19.1. The average molecular weight is 384 g/mol. The summed E-state index contributed by atoms with van der Waals surface area (Å²) in [5.41, 5.74) is 0.853. The van der Waals surface area contributed by atoms with E-state index in [1.54, 1.807) is 12.3 Å². The van der Waals surface area contributed by atoms with Crippen LogP contribution in [0.1, 0.15) is 31.2 Å². The number of hydrogen-bond donors (Lipinski definition) is 2. The number of carbonyl (C=O) groups excluding carboxylic acids is 2. The van der Waals surface area contributed by atoms with Gasteiger partial charge in [-0.3, -0.25) is 4.79 Å². The molecule has 2 heterocycles. The van der Waals surface area contributed by atoms with Crippen LogP contribution in [0.15, 0.2) is 34.6 Å². The molecular weight excluding hydrogens is 363 g/mol. The van der Waals surface area contributed by atoms with Crippen molar-refractivity contribution in [3.05, 3.63) is 35.8 Å². The number of carbonyl (C=O) groups is 2. The number of halogens is 1. The fourth-order valence-corrected chi connectivity index (χ4v) is 3.13. The van der Waals surface area contributed by atoms with Gasteiger partial charge in [-0.2, -0.15) is 10.2 Å². The Hall–Kier alpha value is -3.21. The van der Waals surface area contributed by atoms with Crippen LogP contribution in [-0.2, 0) is 20.7 Å². The maximum absolute atomic E-state index is 13.3. The summed E-state index contributed by atoms with van der Waals surface area (Å²) in [6.07, 6.45) is 8.95. The summed E-state index contributed by atoms with van der Waals surface area (Å²) in [5, 5.41) is 11.5. The number of ether oxygens (including phenoxy) is 1. The van der Waals surface area contributed by atoms with Crippen LogP contribution >= 0.6 is 0 Å². The summed E-state index contributed by atoms with van der Waals surface area (Å²) in [7, 11) is 1.27. The molecule has 1 unspecified atom stereocenters. The third-order valence-corrected chi connectivity index (χ3v) is 4.78. The Morgan fingerprint density at radius 2 is 2.18 bits per heavy atom. The molecule has 1 aliphatic rings. The van der Waals surface area contributed by atoms with Crippen molar-refractivity contribution in [1.29, 1.82) is 0 Å². The molecule has 8 heteroatoms. The summed E-state index contributed by atoms with van der Waals surface area (Å²) in [5.74, 6) is 1.35. The maximum atomic E-state index is 13.3. The van der Waals surface area contributed by atoms with E-state index in [9.17, 15) is 14.0 Å². The van der Waals surface area contributed by atoms with Crippen molar-refractivity contribution in [2.24, 2.45) is 10.2 Å². The number of aromatic amines is 1. The number of methoxy groups -OCH3 is 1. The fourth-order valence-electron chi connectivity index (χ4n) is 3.13. The van der Waals surface area contributed by atoms with E-state index in [2.05, 4.69) is 26.4 Å². The van der Waals surface area contributed by atoms with Crippen molar-refractivity contribution >= 4 is 22.8 Å². The molecule has 3 rings (SSSR count). The van der Waals surface area contributed by atoms with Gasteiger partial charge in [-0.15, -0.1) is 12.3 Å². The average Bonchev–Trinajstić information content (AvgIpc) is 3.37. The van der Waals surface area contributed by atoms with Gasteiger partial charge in [0.15, 0.2) is 5.66 Å². The van der Waals surface area contributed by atoms with Crippen LogP contribution in [0.3, 0.4) is 0 Å². The molecule has 7 nitrogen and oxygen atoms in total. The molecule has 28 heavy (non-hydrogen) atoms. The Balaban J connectivity index is 1.63. The lowest BCUT2D eigenvalue weighted by atomic mass is 10.0. The zero-order valence-corrected chi connectivity index (χ0v) is 15.5. The second-order valence-corrected chi connectivity index (χ2v) is 6.74. The Morgan fingerprint density at radius 3 is 2.86 bits per heavy atom. The molecule has 0 saturated heterocycles. The van der Waals surface area contributed by atoms with Crippen molar-refractivity contribution < 1.29 is 18.7 Å². The molecule has 2 N–H and O–H groups in total. The summed E-state index contributed by atoms with van der Waals surface area (Å²) in [6.45, 7) is 0. The molecule has 1 aromatic heterocycles. The van der Waals surface area contributed by atoms with E-state index >= 15 is 0 Å². The zero-order valence-electron chi connectivity index (χ0n) is 15.5. The number of hydrogen-bond acceptors (Lipinski definition) is 5. The predicted octanol–water partition coefficient (Wildman–Crippen LogP) is 2.86. The largest absolute Gasteiger partial charge is 0.467 e. The summed E-state index contributed by atoms with van der Waals surface area (Å²) < 4.78 is 18.2. The Kier molecular flexibility index (Phi) is 5.73. The number of amides is 1. The van der Waals surface area contributed by atoms with Crippen LogP contribution in [0.4, 0.5) is 4.39 Å². The lowest BCUT2D eigenvalue weighted by molar-refractivity contribution is -0.145. The SMILES string of the molecule is C#CCCC1(CCC(=O)NC(Cc2c[nH]c3cc(F)ccc23)C(=O)OC)N=N1. The first-order valence-corrected chi connectivity index (χ1v) is 8.96. The van der Waals surface area contributed by atoms with E-state index < -0.39 is 17.7 Å². The summed E-state index contributed by atoms with van der Waals surface area (Å²) in [4.78, 5) is 27.5. The zero-order chi connectivity index (χ0) is 20.1. The Labute approximate surface area is 161 Å². The molecule has 0 fully saturated rings. The first-order chi connectivity index (χ1) is 13.5. The minimum Gasteiger partial charge on any atom is -0.467 e. The van der Waals surface area contributed by atoms with Gasteiger partial charge in [0.2, 0.25) is 5.91 Å². The molecule has 0 aliphatic carbocycles. The minimum absolute atomic E-state index is 0.171. The van der Waals surface area contributed by atoms with Gasteiger partial charge in [0.1, 0.15) is 11.9 Å². The molecule has 2 aromatic rings. The lowest BCUT2D eigenvalue weighted by Crippen LogP contribution is -2.43. The molecule has 1 aliphatic heterocycles. The molecular formula is C20H21FN4O3. The molecule has 146 valence electrons. The van der Waals surface area contributed by atoms with Crippen molar-refractivity contribution in [3.63, 3.8) is 0 Å². The third kappa shape index (κ3) is 4.55. The molecule has 0 spiro atoms. The van der Waals surface area contributed by atoms with Crippen LogP contribution in [0.5, 0.6) is 0 Å². The summed E-state index contributed by atoms with van der Waals surface area (Å²) in [6, 6.07) is 3.51. The smallest absolute Gasteiger partial charge is 0.328 e. The number of terminal acetylenes is 1. The predicted molar refractivity (Wildman–Crippen MR) is 101 cm³/mol. The van der Waals surface area contributed by atoms with Gasteiger partial charge in [0, 0.05) is 49.2 Å². The highest BCUT2D eigenvalue weighted by molar-refractivity contribution is 5.87. The normalized spacial score (nSPS) is 15.0. The van der Waals surface area contributed by atoms with Crippen molar-refractivity contribution in [3.8, 4) is 12.3 Å². The maximum Gasteiger partial charge on any atom is 0.328 e. The number of rotatable bonds is 9. The molecule has 1 amide bonds. The number of H-pyrrole nitrogens is 1. The van der Waals surface area contributed by atoms with Gasteiger partial charge in [-0.1, -0.05) is 0 Å². The molecule has 1 atom stereocenters. The monoisotopic (exact) mass is 384 g/mol. The Morgan fingerprint density at radius 1 is 1.39 bits per heavy atom. The number of aromatic nitrogens is 1. The third-order valence-electron chi connectivity index (χ3n) is 4.78. The molecule has 0 bridgehead atoms. The van der Waals surface area contributed by atoms with E-state index in [0.29, 0.717) is 24.8 Å². The van der Waals surface area contributed by atoms with Gasteiger partial charge >= 0.3 is 5.97 Å². The fraction of sp³-hybridized carbons (Fsp3) is 0.400. The van der Waals surface area contributed by atoms with Gasteiger partial charge in [0.05, 0.1) is 7.11 Å². The Bertz CT molecular complexity index is 954. The molecule has 0 radical (unpaired) electrons. The van der Waals surface area contributed by atoms with E-state index in [1.165, 1.54) is 19.2 Å². The lowest BCUT2D eigenvalue weighted by Gasteiger charge is -2.17. The standard InChI is InChI=1S/C20H21FN4O3/c1-3-4-8-20(24-25-20)9-7-18(26)23-17(19(27)28-2)10-13-12-22-16-11-14(21)5-6-15(13)16/h1,5-6,11-12,17,22H,4,7-10H2,2H3,(H,23,26). The van der Waals surface area contributed by atoms with Gasteiger partial charge in [0.25, 0.3) is 0 Å². The quantitative estimate of drug-likeness (QED) is 0.514. The van der Waals surface area contributed by atoms with Crippen LogP contribution in [0, 0.1) is 18.2 Å². The van der Waals surface area contributed by atoms with Crippen LogP contribution < -0.4 is 5.32 Å². The van der Waals surface area contributed by atoms with Gasteiger partial charge in [-0.25, -0.2) is 9.18 Å². The van der Waals surface area contributed by atoms with Crippen molar-refractivity contribution in [1.82, 2.24) is 10.3 Å². The highest BCUT2D eigenvalue weighted by Crippen LogP contribution is 2.37. The number of benzene rings is 1. The van der Waals surface area contributed by atoms with Gasteiger partial charge < -0.3 is 15.0 Å². The van der Waals surface area contributed by atoms with E-state index in [4.69, 9.17) is 11.2 Å². The second kappa shape index (κ2) is 8.21. The van der Waals surface area contributed by atoms with Crippen LogP contribution in [0.2, 0.25) is 0 Å². The topological polar surface area (TPSA) is 95.9 Å². The van der Waals surface area contributed by atoms with Gasteiger partial charge in [-0.05, 0) is 23.8 Å². The van der Waals surface area contributed by atoms with Crippen LogP contribution in [-0.4, -0.2) is 35.7 Å². The number of nitrogens with zero attached hydrogens (tertiary/aromatic N) is 2. The molecule has 0 saturated carbocycles. The van der Waals surface area contributed by atoms with E-state index in [0.717, 1.165) is 10.9 Å². The van der Waals surface area contributed by atoms with E-state index in [1.807, 2.05) is 0 Å². The minimum atomic E-state index is -0.851. The first-order valence-electron chi connectivity index (χ1n) is 8.96. The van der Waals surface area contributed by atoms with Crippen LogP contribution in [0.25, 0.3) is 10.9 Å². The van der Waals surface area contributed by atoms with Crippen molar-refractivity contribution in [2.75, 3.05) is 7.11 Å². The summed E-state index contributed by atoms with van der Waals surface area (Å²) >= 11 is 0. The van der Waals surface area contributed by atoms with Crippen molar-refractivity contribution in [2.45, 2.75) is 43.8 Å². The van der Waals surface area contributed by atoms with E-state index in [-0.39, 0.29) is 24.6 Å². The number of esters is 1. The second-order valence-electron chi connectivity index (χ2n) is 6.74. The number of fused-ring (bicyclic) bond motifs is 1. The molecule has 1 aromatic carbocycles. The first kappa shape index (κ1) is 19.5. The highest BCUT2D eigenvalue weighted by Gasteiger charge is 2.39. The number of nitrogens with one attached hydrogen (secondary N) is 2.